The molecule has 0 aliphatic heterocycles. The van der Waals surface area contributed by atoms with Crippen LogP contribution in [0, 0.1) is 11.3 Å². The fourth-order valence-corrected chi connectivity index (χ4v) is 1.83. The van der Waals surface area contributed by atoms with Gasteiger partial charge in [0.15, 0.2) is 0 Å². The van der Waals surface area contributed by atoms with Crippen LogP contribution in [0.5, 0.6) is 0 Å². The number of nitriles is 1. The summed E-state index contributed by atoms with van der Waals surface area (Å²) in [4.78, 5) is 25.1. The lowest BCUT2D eigenvalue weighted by molar-refractivity contribution is 0.245. The Kier molecular flexibility index (Phi) is 3.59. The van der Waals surface area contributed by atoms with Crippen LogP contribution in [0.25, 0.3) is 0 Å². The van der Waals surface area contributed by atoms with E-state index >= 15 is 0 Å². The molecule has 0 amide bonds. The van der Waals surface area contributed by atoms with Crippen LogP contribution < -0.4 is 11.2 Å². The first-order valence-electron chi connectivity index (χ1n) is 5.58. The fourth-order valence-electron chi connectivity index (χ4n) is 1.83. The summed E-state index contributed by atoms with van der Waals surface area (Å²) in [6, 6.07) is 9.95. The molecule has 6 heteroatoms. The second kappa shape index (κ2) is 5.33. The highest BCUT2D eigenvalue weighted by Gasteiger charge is 2.15. The minimum Gasteiger partial charge on any atom is -0.394 e. The SMILES string of the molecule is N#Cc1cn(C(CO)c2ccccc2)c(=O)[nH]c1=O. The molecule has 0 saturated heterocycles. The van der Waals surface area contributed by atoms with Gasteiger partial charge in [0.2, 0.25) is 0 Å². The zero-order valence-electron chi connectivity index (χ0n) is 9.91. The van der Waals surface area contributed by atoms with Gasteiger partial charge in [-0.15, -0.1) is 0 Å². The molecule has 19 heavy (non-hydrogen) atoms. The maximum absolute atomic E-state index is 11.8. The normalized spacial score (nSPS) is 11.8. The molecule has 96 valence electrons. The average Bonchev–Trinajstić information content (AvgIpc) is 2.43. The Morgan fingerprint density at radius 3 is 2.58 bits per heavy atom. The molecule has 0 aliphatic carbocycles. The van der Waals surface area contributed by atoms with E-state index in [0.717, 1.165) is 10.8 Å². The lowest BCUT2D eigenvalue weighted by Crippen LogP contribution is -2.35. The van der Waals surface area contributed by atoms with E-state index in [0.29, 0.717) is 5.56 Å². The Morgan fingerprint density at radius 1 is 1.32 bits per heavy atom. The number of nitrogens with one attached hydrogen (secondary N) is 1. The summed E-state index contributed by atoms with van der Waals surface area (Å²) in [7, 11) is 0. The van der Waals surface area contributed by atoms with Crippen molar-refractivity contribution < 1.29 is 5.11 Å². The molecule has 2 rings (SSSR count). The third kappa shape index (κ3) is 2.46. The van der Waals surface area contributed by atoms with Gasteiger partial charge < -0.3 is 5.11 Å². The maximum Gasteiger partial charge on any atom is 0.329 e. The molecule has 2 N–H and O–H groups in total. The van der Waals surface area contributed by atoms with Crippen LogP contribution in [-0.4, -0.2) is 21.3 Å². The van der Waals surface area contributed by atoms with Gasteiger partial charge in [0.1, 0.15) is 11.6 Å². The van der Waals surface area contributed by atoms with E-state index in [4.69, 9.17) is 5.26 Å². The highest BCUT2D eigenvalue weighted by atomic mass is 16.3. The van der Waals surface area contributed by atoms with E-state index in [1.165, 1.54) is 0 Å². The van der Waals surface area contributed by atoms with Gasteiger partial charge in [0.25, 0.3) is 5.56 Å². The minimum absolute atomic E-state index is 0.172. The first-order valence-corrected chi connectivity index (χ1v) is 5.58. The highest BCUT2D eigenvalue weighted by molar-refractivity contribution is 5.25. The summed E-state index contributed by atoms with van der Waals surface area (Å²) in [6.07, 6.45) is 1.16. The number of aliphatic hydroxyl groups is 1. The number of hydrogen-bond donors (Lipinski definition) is 2. The van der Waals surface area contributed by atoms with Crippen molar-refractivity contribution in [2.24, 2.45) is 0 Å². The number of hydrogen-bond acceptors (Lipinski definition) is 4. The lowest BCUT2D eigenvalue weighted by Gasteiger charge is -2.17. The molecule has 0 radical (unpaired) electrons. The zero-order chi connectivity index (χ0) is 13.8. The van der Waals surface area contributed by atoms with Crippen molar-refractivity contribution in [1.29, 1.82) is 5.26 Å². The summed E-state index contributed by atoms with van der Waals surface area (Å²) in [5.74, 6) is 0. The molecule has 6 nitrogen and oxygen atoms in total. The first kappa shape index (κ1) is 12.8. The third-order valence-corrected chi connectivity index (χ3v) is 2.78. The van der Waals surface area contributed by atoms with Gasteiger partial charge in [-0.05, 0) is 5.56 Å². The maximum atomic E-state index is 11.8. The number of benzene rings is 1. The summed E-state index contributed by atoms with van der Waals surface area (Å²) in [6.45, 7) is -0.319. The zero-order valence-corrected chi connectivity index (χ0v) is 9.91. The van der Waals surface area contributed by atoms with Crippen molar-refractivity contribution in [3.05, 3.63) is 68.5 Å². The van der Waals surface area contributed by atoms with Crippen LogP contribution in [0.15, 0.2) is 46.1 Å². The second-order valence-electron chi connectivity index (χ2n) is 3.93. The standard InChI is InChI=1S/C13H11N3O3/c14-6-10-7-16(13(19)15-12(10)18)11(8-17)9-4-2-1-3-5-9/h1-5,7,11,17H,8H2,(H,15,18,19). The molecule has 0 fully saturated rings. The van der Waals surface area contributed by atoms with Gasteiger partial charge in [0, 0.05) is 6.20 Å². The van der Waals surface area contributed by atoms with Crippen molar-refractivity contribution in [2.45, 2.75) is 6.04 Å². The smallest absolute Gasteiger partial charge is 0.329 e. The molecule has 1 unspecified atom stereocenters. The number of H-pyrrole nitrogens is 1. The van der Waals surface area contributed by atoms with Crippen molar-refractivity contribution >= 4 is 0 Å². The molecular weight excluding hydrogens is 246 g/mol. The molecule has 0 saturated carbocycles. The van der Waals surface area contributed by atoms with E-state index in [1.54, 1.807) is 30.3 Å². The topological polar surface area (TPSA) is 98.9 Å². The van der Waals surface area contributed by atoms with Crippen LogP contribution in [0.1, 0.15) is 17.2 Å². The Balaban J connectivity index is 2.60. The second-order valence-corrected chi connectivity index (χ2v) is 3.93. The Morgan fingerprint density at radius 2 is 2.00 bits per heavy atom. The first-order chi connectivity index (χ1) is 9.17. The van der Waals surface area contributed by atoms with Crippen LogP contribution in [0.2, 0.25) is 0 Å². The van der Waals surface area contributed by atoms with Gasteiger partial charge >= 0.3 is 5.69 Å². The Hall–Kier alpha value is -2.65. The van der Waals surface area contributed by atoms with Gasteiger partial charge in [-0.2, -0.15) is 5.26 Å². The molecule has 2 aromatic rings. The van der Waals surface area contributed by atoms with Gasteiger partial charge in [-0.3, -0.25) is 14.3 Å². The monoisotopic (exact) mass is 257 g/mol. The largest absolute Gasteiger partial charge is 0.394 e. The summed E-state index contributed by atoms with van der Waals surface area (Å²) in [5.41, 5.74) is -0.850. The van der Waals surface area contributed by atoms with Crippen LogP contribution in [-0.2, 0) is 0 Å². The fraction of sp³-hybridized carbons (Fsp3) is 0.154. The molecule has 1 aromatic heterocycles. The molecule has 1 atom stereocenters. The summed E-state index contributed by atoms with van der Waals surface area (Å²) >= 11 is 0. The third-order valence-electron chi connectivity index (χ3n) is 2.78. The van der Waals surface area contributed by atoms with Crippen molar-refractivity contribution in [1.82, 2.24) is 9.55 Å². The molecule has 0 bridgehead atoms. The Labute approximate surface area is 108 Å². The molecule has 1 heterocycles. The van der Waals surface area contributed by atoms with Crippen molar-refractivity contribution in [3.63, 3.8) is 0 Å². The summed E-state index contributed by atoms with van der Waals surface area (Å²) in [5, 5.41) is 18.3. The number of nitrogens with zero attached hydrogens (tertiary/aromatic N) is 2. The molecular formula is C13H11N3O3. The number of rotatable bonds is 3. The number of aromatic nitrogens is 2. The van der Waals surface area contributed by atoms with Crippen LogP contribution in [0.4, 0.5) is 0 Å². The van der Waals surface area contributed by atoms with E-state index in [-0.39, 0.29) is 12.2 Å². The van der Waals surface area contributed by atoms with Gasteiger partial charge in [-0.25, -0.2) is 4.79 Å². The van der Waals surface area contributed by atoms with E-state index < -0.39 is 17.3 Å². The quantitative estimate of drug-likeness (QED) is 0.807. The predicted molar refractivity (Wildman–Crippen MR) is 67.7 cm³/mol. The highest BCUT2D eigenvalue weighted by Crippen LogP contribution is 2.15. The predicted octanol–water partition coefficient (Wildman–Crippen LogP) is -0.0100. The van der Waals surface area contributed by atoms with Gasteiger partial charge in [0.05, 0.1) is 12.6 Å². The minimum atomic E-state index is -0.728. The average molecular weight is 257 g/mol. The van der Waals surface area contributed by atoms with Crippen molar-refractivity contribution in [3.8, 4) is 6.07 Å². The summed E-state index contributed by atoms with van der Waals surface area (Å²) < 4.78 is 1.15. The molecule has 0 spiro atoms. The Bertz CT molecular complexity index is 725. The number of aliphatic hydroxyl groups excluding tert-OH is 1. The van der Waals surface area contributed by atoms with E-state index in [1.807, 2.05) is 6.07 Å². The van der Waals surface area contributed by atoms with Crippen LogP contribution >= 0.6 is 0 Å². The molecule has 1 aromatic carbocycles. The van der Waals surface area contributed by atoms with E-state index in [9.17, 15) is 14.7 Å². The van der Waals surface area contributed by atoms with Gasteiger partial charge in [-0.1, -0.05) is 30.3 Å². The lowest BCUT2D eigenvalue weighted by atomic mass is 10.1. The molecule has 0 aliphatic rings. The van der Waals surface area contributed by atoms with Crippen LogP contribution in [0.3, 0.4) is 0 Å². The number of aromatic amines is 1. The van der Waals surface area contributed by atoms with E-state index in [2.05, 4.69) is 4.98 Å². The van der Waals surface area contributed by atoms with Crippen molar-refractivity contribution in [2.75, 3.05) is 6.61 Å².